The quantitative estimate of drug-likeness (QED) is 0.546. The summed E-state index contributed by atoms with van der Waals surface area (Å²) >= 11 is 0. The molecule has 5 heterocycles. The molecular formula is C20H27N9O. The Bertz CT molecular complexity index is 1010. The molecule has 0 aromatic carbocycles. The first kappa shape index (κ1) is 18.9. The highest BCUT2D eigenvalue weighted by Gasteiger charge is 2.26. The second-order valence-corrected chi connectivity index (χ2v) is 8.22. The van der Waals surface area contributed by atoms with Crippen LogP contribution in [0.2, 0.25) is 0 Å². The van der Waals surface area contributed by atoms with Gasteiger partial charge in [-0.1, -0.05) is 0 Å². The molecular weight excluding hydrogens is 382 g/mol. The fraction of sp³-hybridized carbons (Fsp3) is 0.500. The number of hydrogen-bond donors (Lipinski definition) is 3. The zero-order chi connectivity index (χ0) is 20.5. The van der Waals surface area contributed by atoms with Gasteiger partial charge >= 0.3 is 0 Å². The molecule has 0 radical (unpaired) electrons. The lowest BCUT2D eigenvalue weighted by Crippen LogP contribution is -2.54. The van der Waals surface area contributed by atoms with E-state index in [0.29, 0.717) is 5.92 Å². The van der Waals surface area contributed by atoms with E-state index in [9.17, 15) is 4.79 Å². The molecule has 30 heavy (non-hydrogen) atoms. The third-order valence-corrected chi connectivity index (χ3v) is 5.72. The second-order valence-electron chi connectivity index (χ2n) is 8.22. The van der Waals surface area contributed by atoms with Gasteiger partial charge in [-0.25, -0.2) is 4.52 Å². The van der Waals surface area contributed by atoms with Gasteiger partial charge in [0.15, 0.2) is 11.6 Å². The van der Waals surface area contributed by atoms with Crippen LogP contribution in [0.5, 0.6) is 0 Å². The largest absolute Gasteiger partial charge is 0.342 e. The maximum Gasteiger partial charge on any atom is 0.245 e. The molecule has 1 aliphatic carbocycles. The number of aromatic nitrogens is 5. The molecule has 3 aliphatic rings. The summed E-state index contributed by atoms with van der Waals surface area (Å²) in [4.78, 5) is 18.4. The highest BCUT2D eigenvalue weighted by Crippen LogP contribution is 2.39. The number of H-pyrrole nitrogens is 1. The summed E-state index contributed by atoms with van der Waals surface area (Å²) in [6, 6.07) is 6.34. The summed E-state index contributed by atoms with van der Waals surface area (Å²) in [5.41, 5.74) is 7.52. The van der Waals surface area contributed by atoms with Crippen molar-refractivity contribution in [3.8, 4) is 0 Å². The van der Waals surface area contributed by atoms with Crippen molar-refractivity contribution in [3.63, 3.8) is 0 Å². The van der Waals surface area contributed by atoms with Gasteiger partial charge in [0.25, 0.3) is 0 Å². The van der Waals surface area contributed by atoms with Crippen LogP contribution in [0.4, 0.5) is 17.6 Å². The number of carbonyl (C=O) groups excluding carboxylic acids is 1. The number of amides is 1. The fourth-order valence-corrected chi connectivity index (χ4v) is 3.83. The average molecular weight is 409 g/mol. The number of nitrogens with two attached hydrogens (primary N) is 1. The van der Waals surface area contributed by atoms with E-state index in [-0.39, 0.29) is 6.04 Å². The third-order valence-electron chi connectivity index (χ3n) is 5.72. The molecule has 6 rings (SSSR count). The van der Waals surface area contributed by atoms with Crippen LogP contribution in [0.15, 0.2) is 24.4 Å². The van der Waals surface area contributed by atoms with E-state index in [0.717, 1.165) is 55.7 Å². The first-order chi connectivity index (χ1) is 14.7. The second kappa shape index (κ2) is 7.94. The normalized spacial score (nSPS) is 18.8. The van der Waals surface area contributed by atoms with Crippen molar-refractivity contribution < 1.29 is 4.79 Å². The third kappa shape index (κ3) is 3.95. The Morgan fingerprint density at radius 2 is 2.03 bits per heavy atom. The fourth-order valence-electron chi connectivity index (χ4n) is 3.83. The van der Waals surface area contributed by atoms with Crippen LogP contribution >= 0.6 is 0 Å². The molecule has 1 amide bonds. The molecule has 0 bridgehead atoms. The molecule has 3 aromatic rings. The Morgan fingerprint density at radius 3 is 2.70 bits per heavy atom. The lowest BCUT2D eigenvalue weighted by Gasteiger charge is -2.33. The Morgan fingerprint density at radius 1 is 1.23 bits per heavy atom. The van der Waals surface area contributed by atoms with Gasteiger partial charge in [0.05, 0.1) is 0 Å². The van der Waals surface area contributed by atoms with E-state index >= 15 is 0 Å². The Kier molecular flexibility index (Phi) is 4.99. The van der Waals surface area contributed by atoms with Gasteiger partial charge in [-0.2, -0.15) is 10.1 Å². The predicted octanol–water partition coefficient (Wildman–Crippen LogP) is 1.46. The van der Waals surface area contributed by atoms with E-state index < -0.39 is 0 Å². The number of nitrogens with zero attached hydrogens (tertiary/aromatic N) is 6. The topological polar surface area (TPSA) is 120 Å². The van der Waals surface area contributed by atoms with Crippen molar-refractivity contribution in [2.75, 3.05) is 36.4 Å². The number of likely N-dealkylation sites (tertiary alicyclic amines) is 1. The molecule has 0 atom stereocenters. The zero-order valence-electron chi connectivity index (χ0n) is 16.9. The smallest absolute Gasteiger partial charge is 0.245 e. The SMILES string of the molecule is NC1CN(C=O)C1.c1cc2c(Nc3cc(C4CC4)[nH]n3)nc(N3CCCC3)nn2c1. The van der Waals surface area contributed by atoms with Gasteiger partial charge in [0, 0.05) is 56.1 Å². The van der Waals surface area contributed by atoms with Gasteiger partial charge in [-0.3, -0.25) is 9.89 Å². The monoisotopic (exact) mass is 409 g/mol. The summed E-state index contributed by atoms with van der Waals surface area (Å²) in [6.07, 6.45) is 7.72. The standard InChI is InChI=1S/C16H19N7.C4H8N2O/c1-2-8-22(7-1)16-18-15(13-4-3-9-23(13)21-16)17-14-10-12(19-20-14)11-5-6-11;5-4-1-6(2-4)3-7/h3-4,9-11H,1-2,5-8H2,(H2,17,18,19,20,21);3-4H,1-2,5H2. The minimum absolute atomic E-state index is 0.241. The summed E-state index contributed by atoms with van der Waals surface area (Å²) < 4.78 is 1.89. The Hall–Kier alpha value is -3.14. The number of anilines is 3. The van der Waals surface area contributed by atoms with Crippen LogP contribution in [0.3, 0.4) is 0 Å². The van der Waals surface area contributed by atoms with Crippen LogP contribution in [0.1, 0.15) is 37.3 Å². The van der Waals surface area contributed by atoms with Crippen LogP contribution < -0.4 is 16.0 Å². The van der Waals surface area contributed by atoms with E-state index in [1.807, 2.05) is 22.8 Å². The average Bonchev–Trinajstić information content (AvgIpc) is 3.16. The molecule has 4 N–H and O–H groups in total. The zero-order valence-corrected chi connectivity index (χ0v) is 16.9. The maximum absolute atomic E-state index is 9.80. The van der Waals surface area contributed by atoms with E-state index in [4.69, 9.17) is 10.7 Å². The van der Waals surface area contributed by atoms with Crippen molar-refractivity contribution in [3.05, 3.63) is 30.1 Å². The predicted molar refractivity (Wildman–Crippen MR) is 114 cm³/mol. The molecule has 3 fully saturated rings. The number of carbonyl (C=O) groups is 1. The lowest BCUT2D eigenvalue weighted by atomic mass is 10.2. The van der Waals surface area contributed by atoms with Crippen molar-refractivity contribution in [1.82, 2.24) is 29.7 Å². The van der Waals surface area contributed by atoms with Crippen molar-refractivity contribution >= 4 is 29.5 Å². The van der Waals surface area contributed by atoms with Crippen LogP contribution in [-0.2, 0) is 4.79 Å². The van der Waals surface area contributed by atoms with Gasteiger partial charge in [0.1, 0.15) is 5.52 Å². The summed E-state index contributed by atoms with van der Waals surface area (Å²) in [6.45, 7) is 3.54. The summed E-state index contributed by atoms with van der Waals surface area (Å²) in [5, 5.41) is 15.5. The molecule has 10 heteroatoms. The number of aromatic amines is 1. The first-order valence-corrected chi connectivity index (χ1v) is 10.6. The highest BCUT2D eigenvalue weighted by atomic mass is 16.1. The molecule has 0 unspecified atom stereocenters. The van der Waals surface area contributed by atoms with E-state index in [2.05, 4.69) is 31.6 Å². The molecule has 3 aromatic heterocycles. The molecule has 158 valence electrons. The van der Waals surface area contributed by atoms with Crippen LogP contribution in [0.25, 0.3) is 5.52 Å². The number of hydrogen-bond acceptors (Lipinski definition) is 7. The molecule has 1 saturated carbocycles. The Balaban J connectivity index is 0.000000236. The van der Waals surface area contributed by atoms with Crippen molar-refractivity contribution in [2.24, 2.45) is 5.73 Å². The van der Waals surface area contributed by atoms with Gasteiger partial charge < -0.3 is 20.9 Å². The minimum atomic E-state index is 0.241. The maximum atomic E-state index is 9.80. The number of fused-ring (bicyclic) bond motifs is 1. The van der Waals surface area contributed by atoms with Crippen molar-refractivity contribution in [1.29, 1.82) is 0 Å². The lowest BCUT2D eigenvalue weighted by molar-refractivity contribution is -0.121. The van der Waals surface area contributed by atoms with Crippen LogP contribution in [0, 0.1) is 0 Å². The van der Waals surface area contributed by atoms with Crippen molar-refractivity contribution in [2.45, 2.75) is 37.6 Å². The number of rotatable bonds is 5. The molecule has 2 saturated heterocycles. The van der Waals surface area contributed by atoms with Gasteiger partial charge in [0.2, 0.25) is 12.4 Å². The Labute approximate surface area is 174 Å². The molecule has 0 spiro atoms. The molecule has 2 aliphatic heterocycles. The summed E-state index contributed by atoms with van der Waals surface area (Å²) in [5.74, 6) is 3.07. The number of nitrogens with one attached hydrogen (secondary N) is 2. The van der Waals surface area contributed by atoms with Gasteiger partial charge in [-0.15, -0.1) is 5.10 Å². The highest BCUT2D eigenvalue weighted by molar-refractivity contribution is 5.73. The van der Waals surface area contributed by atoms with Gasteiger partial charge in [-0.05, 0) is 37.8 Å². The van der Waals surface area contributed by atoms with E-state index in [1.54, 1.807) is 4.90 Å². The first-order valence-electron chi connectivity index (χ1n) is 10.6. The van der Waals surface area contributed by atoms with Crippen LogP contribution in [-0.4, -0.2) is 68.3 Å². The molecule has 10 nitrogen and oxygen atoms in total. The van der Waals surface area contributed by atoms with E-state index in [1.165, 1.54) is 31.4 Å². The summed E-state index contributed by atoms with van der Waals surface area (Å²) in [7, 11) is 0. The minimum Gasteiger partial charge on any atom is -0.342 e.